The van der Waals surface area contributed by atoms with Crippen LogP contribution < -0.4 is 15.0 Å². The van der Waals surface area contributed by atoms with Gasteiger partial charge in [-0.15, -0.1) is 10.2 Å². The number of aromatic nitrogens is 4. The first-order valence-corrected chi connectivity index (χ1v) is 14.9. The first-order valence-electron chi connectivity index (χ1n) is 14.6. The average Bonchev–Trinajstić information content (AvgIpc) is 3.61. The maximum absolute atomic E-state index is 16.6. The van der Waals surface area contributed by atoms with Gasteiger partial charge in [0, 0.05) is 54.1 Å². The molecule has 6 heterocycles. The van der Waals surface area contributed by atoms with E-state index in [4.69, 9.17) is 21.3 Å². The minimum Gasteiger partial charge on any atom is -0.508 e. The molecule has 4 fully saturated rings. The number of piperazine rings is 1. The number of rotatable bonds is 5. The Morgan fingerprint density at radius 3 is 2.76 bits per heavy atom. The van der Waals surface area contributed by atoms with Gasteiger partial charge in [0.2, 0.25) is 0 Å². The molecule has 4 aromatic rings. The van der Waals surface area contributed by atoms with Gasteiger partial charge in [-0.3, -0.25) is 4.90 Å². The number of nitrogens with one attached hydrogen (secondary N) is 1. The van der Waals surface area contributed by atoms with Crippen LogP contribution in [0.1, 0.15) is 32.1 Å². The number of fused-ring (bicyclic) bond motifs is 5. The van der Waals surface area contributed by atoms with Crippen molar-refractivity contribution in [1.29, 1.82) is 0 Å². The van der Waals surface area contributed by atoms with Crippen LogP contribution in [0.2, 0.25) is 5.02 Å². The molecule has 0 amide bonds. The molecule has 0 spiro atoms. The van der Waals surface area contributed by atoms with Gasteiger partial charge in [-0.1, -0.05) is 23.7 Å². The smallest absolute Gasteiger partial charge is 0.319 e. The average molecular weight is 594 g/mol. The summed E-state index contributed by atoms with van der Waals surface area (Å²) in [5, 5.41) is 24.4. The number of nitrogens with zero attached hydrogens (tertiary/aromatic N) is 6. The van der Waals surface area contributed by atoms with Crippen LogP contribution in [0.3, 0.4) is 0 Å². The van der Waals surface area contributed by atoms with Crippen molar-refractivity contribution in [3.63, 3.8) is 0 Å². The van der Waals surface area contributed by atoms with Crippen molar-refractivity contribution in [2.24, 2.45) is 0 Å². The second-order valence-electron chi connectivity index (χ2n) is 12.1. The van der Waals surface area contributed by atoms with Crippen molar-refractivity contribution in [3.8, 4) is 23.0 Å². The van der Waals surface area contributed by atoms with E-state index in [0.717, 1.165) is 32.2 Å². The maximum Gasteiger partial charge on any atom is 0.319 e. The van der Waals surface area contributed by atoms with E-state index in [1.807, 2.05) is 0 Å². The van der Waals surface area contributed by atoms with Crippen molar-refractivity contribution >= 4 is 39.2 Å². The van der Waals surface area contributed by atoms with Crippen LogP contribution in [0, 0.1) is 5.82 Å². The zero-order chi connectivity index (χ0) is 28.6. The van der Waals surface area contributed by atoms with Gasteiger partial charge in [-0.25, -0.2) is 8.78 Å². The van der Waals surface area contributed by atoms with Crippen molar-refractivity contribution in [1.82, 2.24) is 30.4 Å². The molecular formula is C30H30ClF2N7O2. The van der Waals surface area contributed by atoms with E-state index in [0.29, 0.717) is 65.3 Å². The molecule has 2 unspecified atom stereocenters. The predicted octanol–water partition coefficient (Wildman–Crippen LogP) is 4.63. The first kappa shape index (κ1) is 26.2. The first-order chi connectivity index (χ1) is 20.4. The molecule has 2 N–H and O–H groups in total. The van der Waals surface area contributed by atoms with Crippen LogP contribution >= 0.6 is 11.6 Å². The van der Waals surface area contributed by atoms with E-state index in [1.54, 1.807) is 24.3 Å². The normalized spacial score (nSPS) is 27.3. The molecule has 8 rings (SSSR count). The number of ether oxygens (including phenoxy) is 1. The van der Waals surface area contributed by atoms with E-state index in [1.165, 1.54) is 6.07 Å². The molecule has 2 aromatic carbocycles. The van der Waals surface area contributed by atoms with Gasteiger partial charge in [-0.2, -0.15) is 9.97 Å². The van der Waals surface area contributed by atoms with Crippen molar-refractivity contribution < 1.29 is 18.6 Å². The van der Waals surface area contributed by atoms with Gasteiger partial charge >= 0.3 is 6.01 Å². The number of hydrogen-bond acceptors (Lipinski definition) is 9. The van der Waals surface area contributed by atoms with E-state index >= 15 is 4.39 Å². The number of alkyl halides is 1. The molecule has 218 valence electrons. The summed E-state index contributed by atoms with van der Waals surface area (Å²) in [7, 11) is 0. The number of phenolic OH excluding ortho intramolecular Hbond substituents is 1. The minimum atomic E-state index is -0.891. The molecule has 42 heavy (non-hydrogen) atoms. The molecule has 4 aliphatic rings. The van der Waals surface area contributed by atoms with Gasteiger partial charge in [0.05, 0.1) is 5.54 Å². The summed E-state index contributed by atoms with van der Waals surface area (Å²) < 4.78 is 37.2. The van der Waals surface area contributed by atoms with E-state index in [9.17, 15) is 9.50 Å². The van der Waals surface area contributed by atoms with Gasteiger partial charge in [0.25, 0.3) is 0 Å². The number of aromatic hydroxyl groups is 1. The van der Waals surface area contributed by atoms with Crippen molar-refractivity contribution in [3.05, 3.63) is 41.2 Å². The zero-order valence-corrected chi connectivity index (χ0v) is 23.6. The van der Waals surface area contributed by atoms with Gasteiger partial charge in [0.15, 0.2) is 17.2 Å². The maximum atomic E-state index is 16.6. The van der Waals surface area contributed by atoms with E-state index < -0.39 is 17.5 Å². The highest BCUT2D eigenvalue weighted by Crippen LogP contribution is 2.42. The topological polar surface area (TPSA) is 99.5 Å². The van der Waals surface area contributed by atoms with Crippen LogP contribution in [-0.4, -0.2) is 86.8 Å². The van der Waals surface area contributed by atoms with Crippen LogP contribution in [0.15, 0.2) is 30.3 Å². The monoisotopic (exact) mass is 593 g/mol. The lowest BCUT2D eigenvalue weighted by atomic mass is 9.95. The summed E-state index contributed by atoms with van der Waals surface area (Å²) in [4.78, 5) is 13.6. The lowest BCUT2D eigenvalue weighted by Gasteiger charge is -2.34. The summed E-state index contributed by atoms with van der Waals surface area (Å²) in [5.41, 5.74) is 0.0504. The molecule has 2 bridgehead atoms. The summed E-state index contributed by atoms with van der Waals surface area (Å²) in [6.07, 6.45) is 3.46. The third-order valence-electron chi connectivity index (χ3n) is 9.42. The predicted molar refractivity (Wildman–Crippen MR) is 155 cm³/mol. The second kappa shape index (κ2) is 9.82. The number of anilines is 1. The molecule has 0 radical (unpaired) electrons. The quantitative estimate of drug-likeness (QED) is 0.343. The summed E-state index contributed by atoms with van der Waals surface area (Å²) in [5.74, 6) is -0.280. The fourth-order valence-corrected chi connectivity index (χ4v) is 7.84. The molecule has 4 saturated heterocycles. The molecule has 4 aliphatic heterocycles. The lowest BCUT2D eigenvalue weighted by molar-refractivity contribution is 0.107. The number of benzene rings is 2. The molecule has 0 saturated carbocycles. The van der Waals surface area contributed by atoms with Gasteiger partial charge in [0.1, 0.15) is 29.7 Å². The Balaban J connectivity index is 1.26. The SMILES string of the molecule is Oc1cc(-c2nnc3c(N4CC5CCC(C4)N5)nc(OC[C@@]45CCCN4C[C@H](F)C5)nc3c2F)c2c(Cl)cccc2c1. The van der Waals surface area contributed by atoms with Crippen molar-refractivity contribution in [2.45, 2.75) is 55.9 Å². The Morgan fingerprint density at radius 1 is 1.10 bits per heavy atom. The molecule has 0 aliphatic carbocycles. The highest BCUT2D eigenvalue weighted by atomic mass is 35.5. The Hall–Kier alpha value is -3.41. The van der Waals surface area contributed by atoms with Crippen LogP contribution in [0.5, 0.6) is 11.8 Å². The molecule has 2 aromatic heterocycles. The number of phenols is 1. The summed E-state index contributed by atoms with van der Waals surface area (Å²) in [6.45, 7) is 2.86. The summed E-state index contributed by atoms with van der Waals surface area (Å²) >= 11 is 6.54. The largest absolute Gasteiger partial charge is 0.508 e. The fourth-order valence-electron chi connectivity index (χ4n) is 7.55. The zero-order valence-electron chi connectivity index (χ0n) is 22.9. The minimum absolute atomic E-state index is 0.0232. The Kier molecular flexibility index (Phi) is 6.13. The summed E-state index contributed by atoms with van der Waals surface area (Å²) in [6, 6.07) is 8.91. The molecular weight excluding hydrogens is 564 g/mol. The van der Waals surface area contributed by atoms with Crippen LogP contribution in [0.25, 0.3) is 33.1 Å². The Morgan fingerprint density at radius 2 is 1.93 bits per heavy atom. The third kappa shape index (κ3) is 4.24. The fraction of sp³-hybridized carbons (Fsp3) is 0.467. The number of hydrogen-bond donors (Lipinski definition) is 2. The van der Waals surface area contributed by atoms with Gasteiger partial charge < -0.3 is 20.1 Å². The molecule has 9 nitrogen and oxygen atoms in total. The molecule has 12 heteroatoms. The highest BCUT2D eigenvalue weighted by Gasteiger charge is 2.49. The lowest BCUT2D eigenvalue weighted by Crippen LogP contribution is -2.51. The van der Waals surface area contributed by atoms with Gasteiger partial charge in [-0.05, 0) is 55.8 Å². The standard InChI is InChI=1S/C30H30ClF2N7O2/c31-22-4-1-3-16-9-20(41)10-21(23(16)22)25-24(33)26-27(38-37-25)28(39-13-18-5-6-19(14-39)34-18)36-29(35-26)42-15-30-7-2-8-40(30)12-17(32)11-30/h1,3-4,9-10,17-19,34,41H,2,5-8,11-15H2/t17-,18?,19?,30+/m1/s1. The number of halogens is 3. The van der Waals surface area contributed by atoms with Crippen molar-refractivity contribution in [2.75, 3.05) is 37.7 Å². The molecule has 4 atom stereocenters. The van der Waals surface area contributed by atoms with E-state index in [-0.39, 0.29) is 35.1 Å². The van der Waals surface area contributed by atoms with Crippen LogP contribution in [-0.2, 0) is 0 Å². The Bertz CT molecular complexity index is 1710. The third-order valence-corrected chi connectivity index (χ3v) is 9.74. The second-order valence-corrected chi connectivity index (χ2v) is 12.5. The Labute approximate surface area is 245 Å². The van der Waals surface area contributed by atoms with E-state index in [2.05, 4.69) is 30.3 Å². The highest BCUT2D eigenvalue weighted by molar-refractivity contribution is 6.36. The van der Waals surface area contributed by atoms with Crippen LogP contribution in [0.4, 0.5) is 14.6 Å².